The Morgan fingerprint density at radius 2 is 2.25 bits per heavy atom. The molecule has 0 aliphatic carbocycles. The largest absolute Gasteiger partial charge is 0.496 e. The molecule has 0 aliphatic heterocycles. The van der Waals surface area contributed by atoms with E-state index in [9.17, 15) is 14.9 Å². The summed E-state index contributed by atoms with van der Waals surface area (Å²) >= 11 is 0. The van der Waals surface area contributed by atoms with Crippen LogP contribution in [-0.2, 0) is 4.79 Å². The van der Waals surface area contributed by atoms with Crippen LogP contribution in [0.4, 0.5) is 11.4 Å². The minimum absolute atomic E-state index is 0.0295. The number of hydrogen-bond acceptors (Lipinski definition) is 6. The van der Waals surface area contributed by atoms with Gasteiger partial charge < -0.3 is 10.1 Å². The molecular weight excluding hydrogens is 312 g/mol. The Morgan fingerprint density at radius 3 is 2.83 bits per heavy atom. The molecule has 8 heteroatoms. The summed E-state index contributed by atoms with van der Waals surface area (Å²) in [6.45, 7) is 0. The number of nitrogens with one attached hydrogen (secondary N) is 1. The molecule has 1 heterocycles. The van der Waals surface area contributed by atoms with Crippen LogP contribution in [0.3, 0.4) is 0 Å². The van der Waals surface area contributed by atoms with Gasteiger partial charge in [0.1, 0.15) is 23.1 Å². The third-order valence-corrected chi connectivity index (χ3v) is 3.01. The van der Waals surface area contributed by atoms with Gasteiger partial charge in [-0.1, -0.05) is 6.07 Å². The van der Waals surface area contributed by atoms with Crippen LogP contribution in [-0.4, -0.2) is 22.9 Å². The van der Waals surface area contributed by atoms with Crippen molar-refractivity contribution in [3.63, 3.8) is 0 Å². The van der Waals surface area contributed by atoms with E-state index >= 15 is 0 Å². The molecule has 0 saturated heterocycles. The van der Waals surface area contributed by atoms with E-state index in [1.807, 2.05) is 0 Å². The van der Waals surface area contributed by atoms with Crippen molar-refractivity contribution >= 4 is 23.4 Å². The lowest BCUT2D eigenvalue weighted by Gasteiger charge is -2.07. The molecule has 1 aromatic carbocycles. The van der Waals surface area contributed by atoms with Crippen molar-refractivity contribution < 1.29 is 14.5 Å². The zero-order valence-corrected chi connectivity index (χ0v) is 12.6. The van der Waals surface area contributed by atoms with Gasteiger partial charge in [-0.25, -0.2) is 0 Å². The molecule has 0 aliphatic rings. The number of ether oxygens (including phenoxy) is 1. The number of aromatic nitrogens is 1. The van der Waals surface area contributed by atoms with Gasteiger partial charge in [0, 0.05) is 12.4 Å². The summed E-state index contributed by atoms with van der Waals surface area (Å²) < 4.78 is 4.92. The molecule has 0 atom stereocenters. The number of rotatable bonds is 5. The second kappa shape index (κ2) is 7.51. The number of nitrogens with zero attached hydrogens (tertiary/aromatic N) is 3. The lowest BCUT2D eigenvalue weighted by atomic mass is 10.1. The number of benzene rings is 1. The van der Waals surface area contributed by atoms with Crippen LogP contribution in [0.15, 0.2) is 48.3 Å². The number of nitro benzene ring substituents is 1. The van der Waals surface area contributed by atoms with E-state index in [-0.39, 0.29) is 22.7 Å². The average Bonchev–Trinajstić information content (AvgIpc) is 2.60. The molecule has 2 rings (SSSR count). The van der Waals surface area contributed by atoms with Crippen LogP contribution in [0.25, 0.3) is 6.08 Å². The van der Waals surface area contributed by atoms with Crippen molar-refractivity contribution in [2.24, 2.45) is 0 Å². The van der Waals surface area contributed by atoms with E-state index in [2.05, 4.69) is 10.3 Å². The third kappa shape index (κ3) is 3.92. The Bertz CT molecular complexity index is 841. The van der Waals surface area contributed by atoms with Crippen LogP contribution >= 0.6 is 0 Å². The first-order valence-electron chi connectivity index (χ1n) is 6.70. The van der Waals surface area contributed by atoms with Crippen LogP contribution in [0.1, 0.15) is 5.56 Å². The normalized spacial score (nSPS) is 10.6. The second-order valence-electron chi connectivity index (χ2n) is 4.55. The fourth-order valence-corrected chi connectivity index (χ4v) is 1.86. The Kier molecular flexibility index (Phi) is 5.20. The number of anilines is 1. The molecule has 0 saturated carbocycles. The van der Waals surface area contributed by atoms with Gasteiger partial charge in [-0.2, -0.15) is 5.26 Å². The van der Waals surface area contributed by atoms with Gasteiger partial charge in [0.2, 0.25) is 0 Å². The summed E-state index contributed by atoms with van der Waals surface area (Å²) in [4.78, 5) is 26.6. The van der Waals surface area contributed by atoms with Gasteiger partial charge >= 0.3 is 0 Å². The van der Waals surface area contributed by atoms with Gasteiger partial charge in [0.25, 0.3) is 11.6 Å². The van der Waals surface area contributed by atoms with Gasteiger partial charge in [-0.15, -0.1) is 0 Å². The van der Waals surface area contributed by atoms with Crippen molar-refractivity contribution in [1.29, 1.82) is 5.26 Å². The van der Waals surface area contributed by atoms with Crippen LogP contribution in [0.2, 0.25) is 0 Å². The predicted molar refractivity (Wildman–Crippen MR) is 86.1 cm³/mol. The van der Waals surface area contributed by atoms with Gasteiger partial charge in [-0.05, 0) is 29.8 Å². The first-order valence-corrected chi connectivity index (χ1v) is 6.70. The highest BCUT2D eigenvalue weighted by Gasteiger charge is 2.19. The molecule has 2 aromatic rings. The van der Waals surface area contributed by atoms with E-state index in [0.717, 1.165) is 0 Å². The summed E-state index contributed by atoms with van der Waals surface area (Å²) in [6, 6.07) is 9.10. The maximum absolute atomic E-state index is 12.2. The minimum Gasteiger partial charge on any atom is -0.496 e. The quantitative estimate of drug-likeness (QED) is 0.391. The SMILES string of the molecule is COc1ccc(NC(=O)C(C#N)=Cc2cccnc2)c([N+](=O)[O-])c1. The standard InChI is InChI=1S/C16H12N4O4/c1-24-13-4-5-14(15(8-13)20(22)23)19-16(21)12(9-17)7-11-3-2-6-18-10-11/h2-8,10H,1H3,(H,19,21). The highest BCUT2D eigenvalue weighted by molar-refractivity contribution is 6.10. The summed E-state index contributed by atoms with van der Waals surface area (Å²) in [5.74, 6) is -0.472. The molecule has 0 radical (unpaired) electrons. The summed E-state index contributed by atoms with van der Waals surface area (Å²) in [7, 11) is 1.38. The zero-order valence-electron chi connectivity index (χ0n) is 12.6. The molecule has 0 unspecified atom stereocenters. The van der Waals surface area contributed by atoms with Gasteiger partial charge in [-0.3, -0.25) is 19.9 Å². The molecule has 1 aromatic heterocycles. The molecule has 1 N–H and O–H groups in total. The van der Waals surface area contributed by atoms with E-state index in [4.69, 9.17) is 10.00 Å². The maximum atomic E-state index is 12.2. The molecule has 1 amide bonds. The first kappa shape index (κ1) is 16.6. The maximum Gasteiger partial charge on any atom is 0.296 e. The van der Waals surface area contributed by atoms with Gasteiger partial charge in [0.05, 0.1) is 18.1 Å². The van der Waals surface area contributed by atoms with Crippen molar-refractivity contribution in [1.82, 2.24) is 4.98 Å². The monoisotopic (exact) mass is 324 g/mol. The molecule has 8 nitrogen and oxygen atoms in total. The first-order chi connectivity index (χ1) is 11.5. The van der Waals surface area contributed by atoms with Crippen LogP contribution in [0, 0.1) is 21.4 Å². The van der Waals surface area contributed by atoms with Crippen molar-refractivity contribution in [3.8, 4) is 11.8 Å². The summed E-state index contributed by atoms with van der Waals surface area (Å²) in [6.07, 6.45) is 4.39. The third-order valence-electron chi connectivity index (χ3n) is 3.01. The number of nitro groups is 1. The van der Waals surface area contributed by atoms with E-state index in [1.54, 1.807) is 24.4 Å². The van der Waals surface area contributed by atoms with E-state index < -0.39 is 10.8 Å². The topological polar surface area (TPSA) is 118 Å². The van der Waals surface area contributed by atoms with Crippen LogP contribution in [0.5, 0.6) is 5.75 Å². The van der Waals surface area contributed by atoms with Crippen molar-refractivity contribution in [2.75, 3.05) is 12.4 Å². The predicted octanol–water partition coefficient (Wildman–Crippen LogP) is 2.54. The fraction of sp³-hybridized carbons (Fsp3) is 0.0625. The summed E-state index contributed by atoms with van der Waals surface area (Å²) in [5.41, 5.74) is 0.000973. The van der Waals surface area contributed by atoms with Crippen molar-refractivity contribution in [2.45, 2.75) is 0 Å². The van der Waals surface area contributed by atoms with E-state index in [0.29, 0.717) is 5.56 Å². The number of hydrogen-bond donors (Lipinski definition) is 1. The van der Waals surface area contributed by atoms with Crippen molar-refractivity contribution in [3.05, 3.63) is 64.0 Å². The molecular formula is C16H12N4O4. The highest BCUT2D eigenvalue weighted by atomic mass is 16.6. The number of nitriles is 1. The molecule has 0 spiro atoms. The average molecular weight is 324 g/mol. The van der Waals surface area contributed by atoms with Gasteiger partial charge in [0.15, 0.2) is 0 Å². The number of methoxy groups -OCH3 is 1. The molecule has 120 valence electrons. The minimum atomic E-state index is -0.755. The molecule has 24 heavy (non-hydrogen) atoms. The Hall–Kier alpha value is -3.73. The molecule has 0 fully saturated rings. The lowest BCUT2D eigenvalue weighted by molar-refractivity contribution is -0.384. The fourth-order valence-electron chi connectivity index (χ4n) is 1.86. The highest BCUT2D eigenvalue weighted by Crippen LogP contribution is 2.29. The molecule has 0 bridgehead atoms. The second-order valence-corrected chi connectivity index (χ2v) is 4.55. The number of amides is 1. The van der Waals surface area contributed by atoms with Crippen LogP contribution < -0.4 is 10.1 Å². The number of carbonyl (C=O) groups is 1. The smallest absolute Gasteiger partial charge is 0.296 e. The number of pyridine rings is 1. The lowest BCUT2D eigenvalue weighted by Crippen LogP contribution is -2.14. The Balaban J connectivity index is 2.30. The Labute approximate surface area is 137 Å². The Morgan fingerprint density at radius 1 is 1.46 bits per heavy atom. The zero-order chi connectivity index (χ0) is 17.5. The summed E-state index contributed by atoms with van der Waals surface area (Å²) in [5, 5.41) is 22.6. The van der Waals surface area contributed by atoms with E-state index in [1.165, 1.54) is 37.6 Å². The number of carbonyl (C=O) groups excluding carboxylic acids is 1.